The van der Waals surface area contributed by atoms with E-state index in [0.29, 0.717) is 16.8 Å². The van der Waals surface area contributed by atoms with Crippen LogP contribution in [0.3, 0.4) is 0 Å². The third kappa shape index (κ3) is 4.18. The van der Waals surface area contributed by atoms with E-state index in [0.717, 1.165) is 26.1 Å². The van der Waals surface area contributed by atoms with Gasteiger partial charge in [-0.05, 0) is 56.8 Å². The molecule has 0 saturated carbocycles. The number of aromatic nitrogens is 3. The summed E-state index contributed by atoms with van der Waals surface area (Å²) in [6.45, 7) is 4.97. The van der Waals surface area contributed by atoms with Crippen molar-refractivity contribution in [3.05, 3.63) is 34.6 Å². The molecular weight excluding hydrogens is 342 g/mol. The maximum Gasteiger partial charge on any atom is 0.278 e. The molecule has 1 amide bonds. The molecule has 27 heavy (non-hydrogen) atoms. The number of benzene rings is 1. The van der Waals surface area contributed by atoms with Gasteiger partial charge < -0.3 is 9.80 Å². The highest BCUT2D eigenvalue weighted by molar-refractivity contribution is 5.78. The summed E-state index contributed by atoms with van der Waals surface area (Å²) in [6.07, 6.45) is 6.13. The van der Waals surface area contributed by atoms with E-state index in [2.05, 4.69) is 15.2 Å². The quantitative estimate of drug-likeness (QED) is 0.817. The van der Waals surface area contributed by atoms with Gasteiger partial charge in [0.15, 0.2) is 0 Å². The monoisotopic (exact) mass is 369 g/mol. The average Bonchev–Trinajstić information content (AvgIpc) is 2.71. The van der Waals surface area contributed by atoms with Crippen LogP contribution < -0.4 is 5.56 Å². The van der Waals surface area contributed by atoms with E-state index in [4.69, 9.17) is 0 Å². The summed E-state index contributed by atoms with van der Waals surface area (Å²) in [5, 5.41) is 8.52. The van der Waals surface area contributed by atoms with E-state index in [1.807, 2.05) is 11.0 Å². The smallest absolute Gasteiger partial charge is 0.278 e. The molecule has 2 fully saturated rings. The van der Waals surface area contributed by atoms with E-state index in [1.54, 1.807) is 18.2 Å². The SMILES string of the molecule is O=C(Cn1nnc2ccccc2c1=O)N1CCC[C@@H](CN2CCCCC2)C1. The molecule has 4 rings (SSSR count). The first-order valence-electron chi connectivity index (χ1n) is 10.0. The highest BCUT2D eigenvalue weighted by Gasteiger charge is 2.26. The van der Waals surface area contributed by atoms with E-state index < -0.39 is 0 Å². The lowest BCUT2D eigenvalue weighted by molar-refractivity contribution is -0.134. The summed E-state index contributed by atoms with van der Waals surface area (Å²) < 4.78 is 1.19. The number of piperidine rings is 2. The first-order valence-corrected chi connectivity index (χ1v) is 10.0. The Balaban J connectivity index is 1.40. The molecule has 1 aromatic carbocycles. The molecule has 2 saturated heterocycles. The van der Waals surface area contributed by atoms with Crippen molar-refractivity contribution in [1.29, 1.82) is 0 Å². The number of nitrogens with zero attached hydrogens (tertiary/aromatic N) is 5. The van der Waals surface area contributed by atoms with E-state index >= 15 is 0 Å². The number of likely N-dealkylation sites (tertiary alicyclic amines) is 2. The van der Waals surface area contributed by atoms with Crippen molar-refractivity contribution in [3.8, 4) is 0 Å². The zero-order chi connectivity index (χ0) is 18.6. The van der Waals surface area contributed by atoms with Gasteiger partial charge in [-0.25, -0.2) is 4.68 Å². The minimum atomic E-state index is -0.254. The number of carbonyl (C=O) groups excluding carboxylic acids is 1. The van der Waals surface area contributed by atoms with Crippen molar-refractivity contribution in [1.82, 2.24) is 24.8 Å². The van der Waals surface area contributed by atoms with Gasteiger partial charge in [0, 0.05) is 19.6 Å². The summed E-state index contributed by atoms with van der Waals surface area (Å²) in [5.41, 5.74) is 0.307. The predicted molar refractivity (Wildman–Crippen MR) is 103 cm³/mol. The van der Waals surface area contributed by atoms with Crippen molar-refractivity contribution >= 4 is 16.8 Å². The molecule has 7 nitrogen and oxygen atoms in total. The lowest BCUT2D eigenvalue weighted by atomic mass is 9.96. The predicted octanol–water partition coefficient (Wildman–Crippen LogP) is 1.52. The lowest BCUT2D eigenvalue weighted by Crippen LogP contribution is -2.46. The number of fused-ring (bicyclic) bond motifs is 1. The highest BCUT2D eigenvalue weighted by Crippen LogP contribution is 2.20. The second-order valence-corrected chi connectivity index (χ2v) is 7.78. The molecule has 3 heterocycles. The first-order chi connectivity index (χ1) is 13.2. The highest BCUT2D eigenvalue weighted by atomic mass is 16.2. The Bertz CT molecular complexity index is 859. The van der Waals surface area contributed by atoms with Crippen molar-refractivity contribution in [2.24, 2.45) is 5.92 Å². The second-order valence-electron chi connectivity index (χ2n) is 7.78. The van der Waals surface area contributed by atoms with Gasteiger partial charge in [-0.1, -0.05) is 23.8 Å². The third-order valence-electron chi connectivity index (χ3n) is 5.75. The van der Waals surface area contributed by atoms with Crippen LogP contribution in [0.25, 0.3) is 10.9 Å². The van der Waals surface area contributed by atoms with Crippen LogP contribution in [0.5, 0.6) is 0 Å². The molecule has 7 heteroatoms. The molecule has 0 unspecified atom stereocenters. The molecular formula is C20H27N5O2. The van der Waals surface area contributed by atoms with Crippen molar-refractivity contribution in [3.63, 3.8) is 0 Å². The van der Waals surface area contributed by atoms with Crippen LogP contribution in [0.1, 0.15) is 32.1 Å². The largest absolute Gasteiger partial charge is 0.341 e. The molecule has 0 N–H and O–H groups in total. The number of rotatable bonds is 4. The average molecular weight is 369 g/mol. The normalized spacial score (nSPS) is 21.5. The van der Waals surface area contributed by atoms with Crippen molar-refractivity contribution in [2.45, 2.75) is 38.6 Å². The summed E-state index contributed by atoms with van der Waals surface area (Å²) in [4.78, 5) is 29.8. The molecule has 2 aromatic rings. The van der Waals surface area contributed by atoms with Gasteiger partial charge in [-0.3, -0.25) is 9.59 Å². The summed E-state index contributed by atoms with van der Waals surface area (Å²) in [6, 6.07) is 7.10. The molecule has 1 aromatic heterocycles. The minimum absolute atomic E-state index is 0.0346. The number of amides is 1. The number of hydrogen-bond acceptors (Lipinski definition) is 5. The van der Waals surface area contributed by atoms with E-state index in [-0.39, 0.29) is 18.0 Å². The first kappa shape index (κ1) is 18.1. The van der Waals surface area contributed by atoms with Gasteiger partial charge in [-0.15, -0.1) is 5.10 Å². The number of hydrogen-bond donors (Lipinski definition) is 0. The minimum Gasteiger partial charge on any atom is -0.341 e. The second kappa shape index (κ2) is 8.17. The fourth-order valence-corrected chi connectivity index (χ4v) is 4.30. The fourth-order valence-electron chi connectivity index (χ4n) is 4.30. The topological polar surface area (TPSA) is 71.3 Å². The third-order valence-corrected chi connectivity index (χ3v) is 5.75. The molecule has 0 aliphatic carbocycles. The number of carbonyl (C=O) groups is 1. The van der Waals surface area contributed by atoms with Gasteiger partial charge in [0.25, 0.3) is 5.56 Å². The lowest BCUT2D eigenvalue weighted by Gasteiger charge is -2.36. The summed E-state index contributed by atoms with van der Waals surface area (Å²) >= 11 is 0. The maximum atomic E-state index is 12.8. The summed E-state index contributed by atoms with van der Waals surface area (Å²) in [5.74, 6) is 0.491. The molecule has 144 valence electrons. The zero-order valence-corrected chi connectivity index (χ0v) is 15.7. The Kier molecular flexibility index (Phi) is 5.48. The van der Waals surface area contributed by atoms with E-state index in [1.165, 1.54) is 43.5 Å². The molecule has 2 aliphatic heterocycles. The standard InChI is InChI=1S/C20H27N5O2/c26-19(15-25-20(27)17-8-2-3-9-18(17)21-22-25)24-12-6-7-16(14-24)13-23-10-4-1-5-11-23/h2-3,8-9,16H,1,4-7,10-15H2/t16-/m0/s1. The van der Waals surface area contributed by atoms with Crippen LogP contribution in [-0.2, 0) is 11.3 Å². The Morgan fingerprint density at radius 1 is 1.07 bits per heavy atom. The summed E-state index contributed by atoms with van der Waals surface area (Å²) in [7, 11) is 0. The van der Waals surface area contributed by atoms with Gasteiger partial charge in [0.1, 0.15) is 12.1 Å². The zero-order valence-electron chi connectivity index (χ0n) is 15.7. The molecule has 0 bridgehead atoms. The van der Waals surface area contributed by atoms with Gasteiger partial charge in [0.2, 0.25) is 5.91 Å². The molecule has 1 atom stereocenters. The van der Waals surface area contributed by atoms with Gasteiger partial charge in [-0.2, -0.15) is 0 Å². The van der Waals surface area contributed by atoms with Crippen molar-refractivity contribution < 1.29 is 4.79 Å². The molecule has 0 spiro atoms. The Morgan fingerprint density at radius 2 is 1.89 bits per heavy atom. The Hall–Kier alpha value is -2.28. The Labute approximate surface area is 158 Å². The molecule has 0 radical (unpaired) electrons. The van der Waals surface area contributed by atoms with Crippen molar-refractivity contribution in [2.75, 3.05) is 32.7 Å². The van der Waals surface area contributed by atoms with Crippen LogP contribution in [0.2, 0.25) is 0 Å². The van der Waals surface area contributed by atoms with Crippen LogP contribution >= 0.6 is 0 Å². The van der Waals surface area contributed by atoms with Crippen LogP contribution in [0.4, 0.5) is 0 Å². The Morgan fingerprint density at radius 3 is 2.74 bits per heavy atom. The maximum absolute atomic E-state index is 12.8. The van der Waals surface area contributed by atoms with Crippen LogP contribution in [0, 0.1) is 5.92 Å². The van der Waals surface area contributed by atoms with E-state index in [9.17, 15) is 9.59 Å². The van der Waals surface area contributed by atoms with Gasteiger partial charge >= 0.3 is 0 Å². The van der Waals surface area contributed by atoms with Crippen LogP contribution in [0.15, 0.2) is 29.1 Å². The van der Waals surface area contributed by atoms with Gasteiger partial charge in [0.05, 0.1) is 5.39 Å². The van der Waals surface area contributed by atoms with Crippen LogP contribution in [-0.4, -0.2) is 63.4 Å². The molecule has 2 aliphatic rings. The fraction of sp³-hybridized carbons (Fsp3) is 0.600.